The third-order valence-electron chi connectivity index (χ3n) is 12.1. The van der Waals surface area contributed by atoms with Crippen molar-refractivity contribution in [3.63, 3.8) is 0 Å². The molecule has 4 aromatic carbocycles. The molecule has 4 heterocycles. The van der Waals surface area contributed by atoms with Gasteiger partial charge in [0.05, 0.1) is 34.4 Å². The van der Waals surface area contributed by atoms with Gasteiger partial charge in [-0.2, -0.15) is 0 Å². The summed E-state index contributed by atoms with van der Waals surface area (Å²) < 4.78 is 11.6. The highest BCUT2D eigenvalue weighted by Gasteiger charge is 2.38. The Labute approximate surface area is 386 Å². The predicted molar refractivity (Wildman–Crippen MR) is 277 cm³/mol. The van der Waals surface area contributed by atoms with Crippen molar-refractivity contribution in [2.75, 3.05) is 24.7 Å². The number of thioether (sulfide) groups is 2. The number of nitrogens with zero attached hydrogens (tertiary/aromatic N) is 2. The largest absolute Gasteiger partial charge is 0.494 e. The summed E-state index contributed by atoms with van der Waals surface area (Å²) in [6.45, 7) is 14.7. The molecular formula is C54H60N2O2S4. The van der Waals surface area contributed by atoms with Crippen LogP contribution < -0.4 is 9.47 Å². The molecular weight excluding hydrogens is 837 g/mol. The van der Waals surface area contributed by atoms with Crippen molar-refractivity contribution in [1.29, 1.82) is 0 Å². The van der Waals surface area contributed by atoms with Gasteiger partial charge in [-0.3, -0.25) is 0 Å². The number of ether oxygens (including phenoxy) is 2. The molecule has 8 rings (SSSR count). The van der Waals surface area contributed by atoms with Gasteiger partial charge in [0.15, 0.2) is 0 Å². The van der Waals surface area contributed by atoms with Gasteiger partial charge in [-0.15, -0.1) is 46.2 Å². The highest BCUT2D eigenvalue weighted by atomic mass is 32.2. The van der Waals surface area contributed by atoms with Crippen molar-refractivity contribution in [1.82, 2.24) is 0 Å². The van der Waals surface area contributed by atoms with Crippen LogP contribution in [0.1, 0.15) is 103 Å². The molecule has 322 valence electrons. The molecule has 2 unspecified atom stereocenters. The number of hydrogen-bond acceptors (Lipinski definition) is 8. The first-order chi connectivity index (χ1) is 30.4. The predicted octanol–water partition coefficient (Wildman–Crippen LogP) is 17.1. The van der Waals surface area contributed by atoms with Crippen molar-refractivity contribution in [3.8, 4) is 32.4 Å². The normalized spacial score (nSPS) is 14.8. The standard InChI is InChI=1S/C54H60N2O2S4/c1-7-13-15-35(9-3)33-59-53-49-50(52(55-53)48-28-26-46(62-48)42-20-18-40-32-44(58-12-6)24-22-38(40)30-42)54(60-34-36(10-4)16-14-8-2)56-51(49)47-27-25-45(61-47)41-19-17-39-31-43(57-11-5)23-21-37(39)29-41/h17-32,35-36H,7-16,33-34H2,1-6H3. The van der Waals surface area contributed by atoms with Crippen molar-refractivity contribution in [3.05, 3.63) is 118 Å². The molecule has 4 nitrogen and oxygen atoms in total. The van der Waals surface area contributed by atoms with E-state index in [0.29, 0.717) is 25.0 Å². The summed E-state index contributed by atoms with van der Waals surface area (Å²) in [5.74, 6) is 5.29. The molecule has 0 aliphatic carbocycles. The fourth-order valence-corrected chi connectivity index (χ4v) is 12.9. The van der Waals surface area contributed by atoms with E-state index in [1.54, 1.807) is 0 Å². The molecule has 0 radical (unpaired) electrons. The van der Waals surface area contributed by atoms with E-state index in [-0.39, 0.29) is 0 Å². The zero-order valence-electron chi connectivity index (χ0n) is 37.2. The van der Waals surface area contributed by atoms with E-state index in [1.807, 2.05) is 60.0 Å². The molecule has 0 bridgehead atoms. The van der Waals surface area contributed by atoms with Crippen LogP contribution in [0.5, 0.6) is 11.5 Å². The molecule has 0 amide bonds. The van der Waals surface area contributed by atoms with Gasteiger partial charge >= 0.3 is 0 Å². The number of thiophene rings is 2. The van der Waals surface area contributed by atoms with E-state index >= 15 is 0 Å². The summed E-state index contributed by atoms with van der Waals surface area (Å²) in [5.41, 5.74) is 7.10. The van der Waals surface area contributed by atoms with Gasteiger partial charge in [0, 0.05) is 32.4 Å². The third-order valence-corrected chi connectivity index (χ3v) is 16.8. The maximum absolute atomic E-state index is 5.79. The van der Waals surface area contributed by atoms with Gasteiger partial charge in [-0.05, 0) is 132 Å². The lowest BCUT2D eigenvalue weighted by molar-refractivity contribution is 0.340. The fourth-order valence-electron chi connectivity index (χ4n) is 8.34. The first kappa shape index (κ1) is 44.5. The molecule has 0 saturated carbocycles. The van der Waals surface area contributed by atoms with Gasteiger partial charge in [-0.25, -0.2) is 9.98 Å². The van der Waals surface area contributed by atoms with Crippen LogP contribution in [0, 0.1) is 11.8 Å². The van der Waals surface area contributed by atoms with Gasteiger partial charge in [0.25, 0.3) is 0 Å². The fraction of sp³-hybridized carbons (Fsp3) is 0.370. The Morgan fingerprint density at radius 1 is 0.484 bits per heavy atom. The van der Waals surface area contributed by atoms with Gasteiger partial charge in [0.1, 0.15) is 21.6 Å². The number of fused-ring (bicyclic) bond motifs is 3. The molecule has 0 spiro atoms. The molecule has 2 aliphatic heterocycles. The van der Waals surface area contributed by atoms with Crippen LogP contribution in [0.2, 0.25) is 0 Å². The Bertz CT molecular complexity index is 2460. The zero-order chi connectivity index (χ0) is 43.0. The maximum Gasteiger partial charge on any atom is 0.119 e. The highest BCUT2D eigenvalue weighted by molar-refractivity contribution is 8.15. The average molecular weight is 897 g/mol. The van der Waals surface area contributed by atoms with Gasteiger partial charge < -0.3 is 9.47 Å². The van der Waals surface area contributed by atoms with Crippen LogP contribution in [0.25, 0.3) is 53.8 Å². The molecule has 2 aliphatic rings. The second kappa shape index (κ2) is 21.1. The van der Waals surface area contributed by atoms with Crippen LogP contribution in [0.15, 0.2) is 118 Å². The number of hydrogen-bond donors (Lipinski definition) is 0. The minimum absolute atomic E-state index is 0.663. The van der Waals surface area contributed by atoms with Gasteiger partial charge in [-0.1, -0.05) is 103 Å². The molecule has 0 N–H and O–H groups in total. The van der Waals surface area contributed by atoms with Crippen molar-refractivity contribution in [2.45, 2.75) is 92.9 Å². The van der Waals surface area contributed by atoms with Crippen LogP contribution >= 0.6 is 46.2 Å². The van der Waals surface area contributed by atoms with Crippen LogP contribution in [0.3, 0.4) is 0 Å². The molecule has 2 atom stereocenters. The minimum Gasteiger partial charge on any atom is -0.494 e. The lowest BCUT2D eigenvalue weighted by Gasteiger charge is -2.15. The van der Waals surface area contributed by atoms with Crippen LogP contribution in [-0.4, -0.2) is 34.8 Å². The van der Waals surface area contributed by atoms with E-state index in [0.717, 1.165) is 44.5 Å². The Balaban J connectivity index is 1.20. The Morgan fingerprint density at radius 3 is 1.29 bits per heavy atom. The van der Waals surface area contributed by atoms with E-state index in [9.17, 15) is 0 Å². The molecule has 0 fully saturated rings. The van der Waals surface area contributed by atoms with Crippen LogP contribution in [0.4, 0.5) is 0 Å². The summed E-state index contributed by atoms with van der Waals surface area (Å²) in [4.78, 5) is 16.2. The quantitative estimate of drug-likeness (QED) is 0.0766. The number of rotatable bonds is 20. The minimum atomic E-state index is 0.663. The number of benzene rings is 4. The van der Waals surface area contributed by atoms with E-state index in [2.05, 4.69) is 125 Å². The molecule has 0 saturated heterocycles. The smallest absolute Gasteiger partial charge is 0.119 e. The summed E-state index contributed by atoms with van der Waals surface area (Å²) in [6, 6.07) is 35.5. The highest BCUT2D eigenvalue weighted by Crippen LogP contribution is 2.51. The molecule has 6 aromatic rings. The Hall–Kier alpha value is -4.08. The summed E-state index contributed by atoms with van der Waals surface area (Å²) in [6.07, 6.45) is 9.92. The van der Waals surface area contributed by atoms with Crippen LogP contribution in [-0.2, 0) is 0 Å². The first-order valence-electron chi connectivity index (χ1n) is 22.9. The molecule has 2 aromatic heterocycles. The van der Waals surface area contributed by atoms with E-state index in [1.165, 1.54) is 115 Å². The first-order valence-corrected chi connectivity index (χ1v) is 26.5. The average Bonchev–Trinajstić information content (AvgIpc) is 4.12. The van der Waals surface area contributed by atoms with Gasteiger partial charge in [0.2, 0.25) is 0 Å². The lowest BCUT2D eigenvalue weighted by atomic mass is 10.0. The molecule has 8 heteroatoms. The topological polar surface area (TPSA) is 43.2 Å². The number of unbranched alkanes of at least 4 members (excludes halogenated alkanes) is 2. The van der Waals surface area contributed by atoms with E-state index < -0.39 is 0 Å². The molecule has 62 heavy (non-hydrogen) atoms. The summed E-state index contributed by atoms with van der Waals surface area (Å²) >= 11 is 7.61. The summed E-state index contributed by atoms with van der Waals surface area (Å²) in [5, 5.41) is 7.08. The second-order valence-electron chi connectivity index (χ2n) is 16.4. The number of aliphatic imine (C=N–C) groups is 2. The monoisotopic (exact) mass is 896 g/mol. The lowest BCUT2D eigenvalue weighted by Crippen LogP contribution is -2.08. The SMILES string of the molecule is CCCCC(CC)CSC1=NC(c2ccc(-c3ccc4cc(OCC)ccc4c3)s2)=C2C(SCC(CC)CCCC)=NC(c3ccc(-c4ccc5cc(OCC)ccc5c4)s3)=C12. The maximum atomic E-state index is 5.79. The van der Waals surface area contributed by atoms with Crippen molar-refractivity contribution in [2.24, 2.45) is 21.8 Å². The van der Waals surface area contributed by atoms with Crippen molar-refractivity contribution >= 4 is 89.2 Å². The van der Waals surface area contributed by atoms with E-state index in [4.69, 9.17) is 19.5 Å². The zero-order valence-corrected chi connectivity index (χ0v) is 40.5. The van der Waals surface area contributed by atoms with Crippen molar-refractivity contribution < 1.29 is 9.47 Å². The summed E-state index contributed by atoms with van der Waals surface area (Å²) in [7, 11) is 0. The third kappa shape index (κ3) is 9.99. The Kier molecular flexibility index (Phi) is 15.1. The Morgan fingerprint density at radius 2 is 0.887 bits per heavy atom. The second-order valence-corrected chi connectivity index (χ2v) is 20.6.